The number of ether oxygens (including phenoxy) is 1. The number of hydrogen-bond acceptors (Lipinski definition) is 6. The number of pyridine rings is 2. The van der Waals surface area contributed by atoms with Crippen molar-refractivity contribution >= 4 is 5.82 Å². The highest BCUT2D eigenvalue weighted by molar-refractivity contribution is 5.69. The van der Waals surface area contributed by atoms with Crippen LogP contribution in [-0.2, 0) is 13.2 Å². The third kappa shape index (κ3) is 4.09. The minimum absolute atomic E-state index is 0.446. The third-order valence-electron chi connectivity index (χ3n) is 4.05. The van der Waals surface area contributed by atoms with E-state index < -0.39 is 0 Å². The Bertz CT molecular complexity index is 1010. The van der Waals surface area contributed by atoms with Crippen molar-refractivity contribution < 1.29 is 4.74 Å². The van der Waals surface area contributed by atoms with Crippen LogP contribution in [0.25, 0.3) is 11.3 Å². The molecule has 3 aromatic heterocycles. The quantitative estimate of drug-likeness (QED) is 0.570. The normalized spacial score (nSPS) is 10.7. The van der Waals surface area contributed by atoms with E-state index in [1.807, 2.05) is 48.7 Å². The Morgan fingerprint density at radius 3 is 2.48 bits per heavy atom. The lowest BCUT2D eigenvalue weighted by Crippen LogP contribution is -2.01. The van der Waals surface area contributed by atoms with Crippen LogP contribution in [0, 0.1) is 0 Å². The standard InChI is InChI=1S/C20H18N6O/c21-20-17(4-3-11-23-20)18-13-26(25-24-18)12-15-6-8-16(9-7-15)14-27-19-5-1-2-10-22-19/h1-11,13H,12,14H2,(H2,21,23). The lowest BCUT2D eigenvalue weighted by atomic mass is 10.1. The summed E-state index contributed by atoms with van der Waals surface area (Å²) in [4.78, 5) is 8.23. The van der Waals surface area contributed by atoms with Gasteiger partial charge in [-0.1, -0.05) is 35.5 Å². The van der Waals surface area contributed by atoms with Crippen LogP contribution in [0.5, 0.6) is 5.88 Å². The minimum Gasteiger partial charge on any atom is -0.473 e. The Kier molecular flexibility index (Phi) is 4.74. The van der Waals surface area contributed by atoms with Crippen molar-refractivity contribution in [1.29, 1.82) is 0 Å². The van der Waals surface area contributed by atoms with Crippen LogP contribution in [-0.4, -0.2) is 25.0 Å². The van der Waals surface area contributed by atoms with Crippen LogP contribution in [0.3, 0.4) is 0 Å². The van der Waals surface area contributed by atoms with Gasteiger partial charge in [0, 0.05) is 24.0 Å². The Labute approximate surface area is 156 Å². The van der Waals surface area contributed by atoms with Gasteiger partial charge in [-0.05, 0) is 29.3 Å². The second-order valence-electron chi connectivity index (χ2n) is 6.01. The second-order valence-corrected chi connectivity index (χ2v) is 6.01. The largest absolute Gasteiger partial charge is 0.473 e. The first-order valence-electron chi connectivity index (χ1n) is 8.50. The Morgan fingerprint density at radius 2 is 1.70 bits per heavy atom. The van der Waals surface area contributed by atoms with Gasteiger partial charge in [0.05, 0.1) is 12.7 Å². The van der Waals surface area contributed by atoms with E-state index in [-0.39, 0.29) is 0 Å². The zero-order chi connectivity index (χ0) is 18.5. The molecule has 1 aromatic carbocycles. The molecular weight excluding hydrogens is 340 g/mol. The number of nitrogens with zero attached hydrogens (tertiary/aromatic N) is 5. The van der Waals surface area contributed by atoms with Crippen LogP contribution in [0.15, 0.2) is 73.2 Å². The molecule has 2 N–H and O–H groups in total. The average Bonchev–Trinajstić information content (AvgIpc) is 3.17. The Hall–Kier alpha value is -3.74. The molecule has 0 spiro atoms. The van der Waals surface area contributed by atoms with E-state index >= 15 is 0 Å². The Balaban J connectivity index is 1.39. The van der Waals surface area contributed by atoms with Gasteiger partial charge in [-0.3, -0.25) is 0 Å². The van der Waals surface area contributed by atoms with Gasteiger partial charge in [-0.15, -0.1) is 5.10 Å². The predicted molar refractivity (Wildman–Crippen MR) is 102 cm³/mol. The number of nitrogen functional groups attached to an aromatic ring is 1. The summed E-state index contributed by atoms with van der Waals surface area (Å²) >= 11 is 0. The Morgan fingerprint density at radius 1 is 0.889 bits per heavy atom. The maximum atomic E-state index is 5.90. The molecule has 0 radical (unpaired) electrons. The van der Waals surface area contributed by atoms with Gasteiger partial charge in [0.2, 0.25) is 5.88 Å². The lowest BCUT2D eigenvalue weighted by molar-refractivity contribution is 0.294. The van der Waals surface area contributed by atoms with E-state index in [1.165, 1.54) is 0 Å². The summed E-state index contributed by atoms with van der Waals surface area (Å²) in [6.07, 6.45) is 5.23. The molecule has 27 heavy (non-hydrogen) atoms. The fourth-order valence-electron chi connectivity index (χ4n) is 2.65. The van der Waals surface area contributed by atoms with Gasteiger partial charge in [0.1, 0.15) is 18.1 Å². The third-order valence-corrected chi connectivity index (χ3v) is 4.05. The van der Waals surface area contributed by atoms with E-state index in [0.29, 0.717) is 30.5 Å². The summed E-state index contributed by atoms with van der Waals surface area (Å²) in [5.74, 6) is 1.06. The number of aromatic nitrogens is 5. The summed E-state index contributed by atoms with van der Waals surface area (Å²) < 4.78 is 7.44. The minimum atomic E-state index is 0.446. The zero-order valence-corrected chi connectivity index (χ0v) is 14.6. The summed E-state index contributed by atoms with van der Waals surface area (Å²) in [7, 11) is 0. The molecule has 0 atom stereocenters. The molecule has 4 rings (SSSR count). The van der Waals surface area contributed by atoms with Crippen molar-refractivity contribution in [3.8, 4) is 17.1 Å². The van der Waals surface area contributed by atoms with Crippen LogP contribution < -0.4 is 10.5 Å². The smallest absolute Gasteiger partial charge is 0.213 e. The molecule has 3 heterocycles. The fraction of sp³-hybridized carbons (Fsp3) is 0.100. The van der Waals surface area contributed by atoms with E-state index in [1.54, 1.807) is 17.1 Å². The van der Waals surface area contributed by atoms with E-state index in [0.717, 1.165) is 16.7 Å². The molecule has 0 bridgehead atoms. The van der Waals surface area contributed by atoms with Crippen molar-refractivity contribution in [2.24, 2.45) is 0 Å². The molecule has 0 aliphatic carbocycles. The first-order valence-corrected chi connectivity index (χ1v) is 8.50. The van der Waals surface area contributed by atoms with Gasteiger partial charge in [-0.2, -0.15) is 0 Å². The topological polar surface area (TPSA) is 91.7 Å². The molecule has 7 heteroatoms. The highest BCUT2D eigenvalue weighted by atomic mass is 16.5. The average molecular weight is 358 g/mol. The number of rotatable bonds is 6. The number of benzene rings is 1. The number of nitrogens with two attached hydrogens (primary N) is 1. The molecule has 0 aliphatic heterocycles. The highest BCUT2D eigenvalue weighted by Gasteiger charge is 2.08. The summed E-state index contributed by atoms with van der Waals surface area (Å²) in [6, 6.07) is 17.5. The molecule has 134 valence electrons. The van der Waals surface area contributed by atoms with Gasteiger partial charge < -0.3 is 10.5 Å². The summed E-state index contributed by atoms with van der Waals surface area (Å²) in [5.41, 5.74) is 9.58. The van der Waals surface area contributed by atoms with Crippen molar-refractivity contribution in [3.63, 3.8) is 0 Å². The molecule has 0 saturated heterocycles. The van der Waals surface area contributed by atoms with E-state index in [4.69, 9.17) is 10.5 Å². The van der Waals surface area contributed by atoms with Crippen LogP contribution in [0.4, 0.5) is 5.82 Å². The van der Waals surface area contributed by atoms with Gasteiger partial charge in [0.25, 0.3) is 0 Å². The fourth-order valence-corrected chi connectivity index (χ4v) is 2.65. The summed E-state index contributed by atoms with van der Waals surface area (Å²) in [6.45, 7) is 1.10. The molecule has 0 unspecified atom stereocenters. The highest BCUT2D eigenvalue weighted by Crippen LogP contribution is 2.21. The first kappa shape index (κ1) is 16.7. The van der Waals surface area contributed by atoms with Crippen molar-refractivity contribution in [1.82, 2.24) is 25.0 Å². The lowest BCUT2D eigenvalue weighted by Gasteiger charge is -2.06. The maximum absolute atomic E-state index is 5.90. The summed E-state index contributed by atoms with van der Waals surface area (Å²) in [5, 5.41) is 8.37. The second kappa shape index (κ2) is 7.65. The SMILES string of the molecule is Nc1ncccc1-c1cn(Cc2ccc(COc3ccccn3)cc2)nn1. The van der Waals surface area contributed by atoms with Crippen molar-refractivity contribution in [2.75, 3.05) is 5.73 Å². The number of anilines is 1. The van der Waals surface area contributed by atoms with Gasteiger partial charge in [-0.25, -0.2) is 14.6 Å². The first-order chi connectivity index (χ1) is 13.3. The molecule has 4 aromatic rings. The van der Waals surface area contributed by atoms with Gasteiger partial charge >= 0.3 is 0 Å². The van der Waals surface area contributed by atoms with Crippen LogP contribution >= 0.6 is 0 Å². The number of hydrogen-bond donors (Lipinski definition) is 1. The van der Waals surface area contributed by atoms with E-state index in [2.05, 4.69) is 32.4 Å². The zero-order valence-electron chi connectivity index (χ0n) is 14.6. The molecule has 0 fully saturated rings. The molecule has 0 saturated carbocycles. The predicted octanol–water partition coefficient (Wildman–Crippen LogP) is 2.94. The van der Waals surface area contributed by atoms with Crippen molar-refractivity contribution in [2.45, 2.75) is 13.2 Å². The molecule has 0 aliphatic rings. The molecular formula is C20H18N6O. The van der Waals surface area contributed by atoms with Crippen LogP contribution in [0.2, 0.25) is 0 Å². The molecule has 0 amide bonds. The molecule has 7 nitrogen and oxygen atoms in total. The van der Waals surface area contributed by atoms with Crippen LogP contribution in [0.1, 0.15) is 11.1 Å². The van der Waals surface area contributed by atoms with Crippen molar-refractivity contribution in [3.05, 3.63) is 84.3 Å². The van der Waals surface area contributed by atoms with E-state index in [9.17, 15) is 0 Å². The maximum Gasteiger partial charge on any atom is 0.213 e. The van der Waals surface area contributed by atoms with Gasteiger partial charge in [0.15, 0.2) is 0 Å². The monoisotopic (exact) mass is 358 g/mol.